The number of methoxy groups -OCH3 is 3. The minimum absolute atomic E-state index is 0.168. The highest BCUT2D eigenvalue weighted by Gasteiger charge is 2.13. The maximum atomic E-state index is 12.7. The van der Waals surface area contributed by atoms with Crippen LogP contribution in [0.3, 0.4) is 0 Å². The molecule has 0 bridgehead atoms. The number of imidazole rings is 1. The Balaban J connectivity index is 1.33. The van der Waals surface area contributed by atoms with Crippen LogP contribution in [0.15, 0.2) is 66.7 Å². The second-order valence-corrected chi connectivity index (χ2v) is 8.48. The fourth-order valence-corrected chi connectivity index (χ4v) is 4.19. The summed E-state index contributed by atoms with van der Waals surface area (Å²) in [6.07, 6.45) is 2.46. The monoisotopic (exact) mass is 503 g/mol. The predicted molar refractivity (Wildman–Crippen MR) is 143 cm³/mol. The summed E-state index contributed by atoms with van der Waals surface area (Å²) in [4.78, 5) is 17.5. The molecule has 0 saturated carbocycles. The number of amides is 1. The topological polar surface area (TPSA) is 83.8 Å². The van der Waals surface area contributed by atoms with Crippen molar-refractivity contribution in [2.24, 2.45) is 0 Å². The number of carbonyl (C=O) groups is 1. The van der Waals surface area contributed by atoms with E-state index in [9.17, 15) is 4.79 Å². The number of nitrogens with zero attached hydrogens (tertiary/aromatic N) is 2. The second-order valence-electron chi connectivity index (χ2n) is 8.48. The summed E-state index contributed by atoms with van der Waals surface area (Å²) < 4.78 is 23.9. The average Bonchev–Trinajstić information content (AvgIpc) is 3.29. The molecule has 0 saturated heterocycles. The molecule has 1 amide bonds. The quantitative estimate of drug-likeness (QED) is 0.262. The van der Waals surface area contributed by atoms with Gasteiger partial charge in [-0.2, -0.15) is 0 Å². The Morgan fingerprint density at radius 3 is 2.49 bits per heavy atom. The van der Waals surface area contributed by atoms with Crippen LogP contribution >= 0.6 is 0 Å². The van der Waals surface area contributed by atoms with Gasteiger partial charge in [-0.25, -0.2) is 4.98 Å². The molecule has 1 heterocycles. The lowest BCUT2D eigenvalue weighted by Crippen LogP contribution is -2.26. The molecule has 4 aromatic rings. The number of hydrogen-bond donors (Lipinski definition) is 1. The van der Waals surface area contributed by atoms with Gasteiger partial charge < -0.3 is 28.8 Å². The number of unbranched alkanes of at least 4 members (excludes halogenated alkanes) is 1. The van der Waals surface area contributed by atoms with Crippen LogP contribution in [0, 0.1) is 0 Å². The molecule has 1 N–H and O–H groups in total. The van der Waals surface area contributed by atoms with Crippen LogP contribution in [-0.4, -0.2) is 49.9 Å². The minimum Gasteiger partial charge on any atom is -0.497 e. The van der Waals surface area contributed by atoms with E-state index in [4.69, 9.17) is 23.9 Å². The minimum atomic E-state index is -0.168. The number of hydrogen-bond acceptors (Lipinski definition) is 6. The molecule has 0 aliphatic heterocycles. The van der Waals surface area contributed by atoms with Gasteiger partial charge in [0.15, 0.2) is 11.5 Å². The molecule has 194 valence electrons. The third-order valence-electron chi connectivity index (χ3n) is 6.10. The highest BCUT2D eigenvalue weighted by molar-refractivity contribution is 5.94. The van der Waals surface area contributed by atoms with Gasteiger partial charge >= 0.3 is 0 Å². The van der Waals surface area contributed by atoms with Crippen LogP contribution in [0.5, 0.6) is 23.0 Å². The fraction of sp³-hybridized carbons (Fsp3) is 0.310. The van der Waals surface area contributed by atoms with Crippen molar-refractivity contribution in [3.63, 3.8) is 0 Å². The van der Waals surface area contributed by atoms with E-state index >= 15 is 0 Å². The number of aryl methyl sites for hydroxylation is 1. The van der Waals surface area contributed by atoms with Crippen LogP contribution in [0.1, 0.15) is 29.0 Å². The number of fused-ring (bicyclic) bond motifs is 1. The van der Waals surface area contributed by atoms with Crippen molar-refractivity contribution < 1.29 is 23.7 Å². The highest BCUT2D eigenvalue weighted by atomic mass is 16.5. The Morgan fingerprint density at radius 1 is 0.865 bits per heavy atom. The third kappa shape index (κ3) is 6.52. The van der Waals surface area contributed by atoms with E-state index in [2.05, 4.69) is 16.0 Å². The van der Waals surface area contributed by atoms with E-state index in [1.54, 1.807) is 39.5 Å². The zero-order chi connectivity index (χ0) is 26.0. The van der Waals surface area contributed by atoms with Gasteiger partial charge in [0.2, 0.25) is 0 Å². The third-order valence-corrected chi connectivity index (χ3v) is 6.10. The lowest BCUT2D eigenvalue weighted by atomic mass is 10.2. The molecule has 0 atom stereocenters. The van der Waals surface area contributed by atoms with Crippen molar-refractivity contribution >= 4 is 16.9 Å². The lowest BCUT2D eigenvalue weighted by molar-refractivity contribution is 0.0953. The summed E-state index contributed by atoms with van der Waals surface area (Å²) in [6.45, 7) is 1.91. The number of nitrogens with one attached hydrogen (secondary N) is 1. The summed E-state index contributed by atoms with van der Waals surface area (Å²) in [5, 5.41) is 2.99. The van der Waals surface area contributed by atoms with Gasteiger partial charge in [-0.3, -0.25) is 4.79 Å². The van der Waals surface area contributed by atoms with Gasteiger partial charge in [-0.15, -0.1) is 0 Å². The molecule has 37 heavy (non-hydrogen) atoms. The van der Waals surface area contributed by atoms with Gasteiger partial charge in [0.25, 0.3) is 5.91 Å². The molecular weight excluding hydrogens is 470 g/mol. The van der Waals surface area contributed by atoms with Crippen molar-refractivity contribution in [3.05, 3.63) is 78.1 Å². The van der Waals surface area contributed by atoms with Crippen LogP contribution < -0.4 is 24.3 Å². The van der Waals surface area contributed by atoms with Crippen molar-refractivity contribution in [2.45, 2.75) is 25.8 Å². The molecule has 0 aliphatic carbocycles. The zero-order valence-electron chi connectivity index (χ0n) is 21.5. The van der Waals surface area contributed by atoms with E-state index in [1.165, 1.54) is 0 Å². The number of benzene rings is 3. The van der Waals surface area contributed by atoms with Gasteiger partial charge in [0.05, 0.1) is 39.0 Å². The number of para-hydroxylation sites is 2. The molecule has 0 aliphatic rings. The summed E-state index contributed by atoms with van der Waals surface area (Å²) in [5.41, 5.74) is 2.57. The van der Waals surface area contributed by atoms with Crippen molar-refractivity contribution in [3.8, 4) is 23.0 Å². The molecular formula is C29H33N3O5. The average molecular weight is 504 g/mol. The van der Waals surface area contributed by atoms with E-state index in [0.717, 1.165) is 47.7 Å². The largest absolute Gasteiger partial charge is 0.497 e. The molecule has 8 heteroatoms. The molecule has 0 radical (unpaired) electrons. The maximum Gasteiger partial charge on any atom is 0.251 e. The predicted octanol–water partition coefficient (Wildman–Crippen LogP) is 4.89. The van der Waals surface area contributed by atoms with E-state index in [-0.39, 0.29) is 5.91 Å². The van der Waals surface area contributed by atoms with Gasteiger partial charge in [-0.05, 0) is 55.3 Å². The van der Waals surface area contributed by atoms with E-state index in [1.807, 2.05) is 42.5 Å². The molecule has 0 spiro atoms. The molecule has 0 fully saturated rings. The maximum absolute atomic E-state index is 12.7. The van der Waals surface area contributed by atoms with Crippen LogP contribution in [0.4, 0.5) is 0 Å². The number of aromatic nitrogens is 2. The zero-order valence-corrected chi connectivity index (χ0v) is 21.5. The first kappa shape index (κ1) is 25.9. The Morgan fingerprint density at radius 2 is 1.68 bits per heavy atom. The Hall–Kier alpha value is -4.20. The van der Waals surface area contributed by atoms with Crippen molar-refractivity contribution in [2.75, 3.05) is 34.5 Å². The second kappa shape index (κ2) is 12.7. The first-order chi connectivity index (χ1) is 18.1. The summed E-state index contributed by atoms with van der Waals surface area (Å²) >= 11 is 0. The SMILES string of the molecule is COc1cccc(OCCCCn2c(CCNC(=O)c3ccc(OC)c(OC)c3)nc3ccccc32)c1. The number of rotatable bonds is 13. The van der Waals surface area contributed by atoms with E-state index in [0.29, 0.717) is 36.6 Å². The van der Waals surface area contributed by atoms with Crippen molar-refractivity contribution in [1.29, 1.82) is 0 Å². The number of carbonyl (C=O) groups excluding carboxylic acids is 1. The summed E-state index contributed by atoms with van der Waals surface area (Å²) in [7, 11) is 4.76. The summed E-state index contributed by atoms with van der Waals surface area (Å²) in [6, 6.07) is 20.9. The molecule has 4 rings (SSSR count). The Kier molecular flexibility index (Phi) is 8.86. The van der Waals surface area contributed by atoms with Crippen LogP contribution in [0.2, 0.25) is 0 Å². The van der Waals surface area contributed by atoms with Crippen LogP contribution in [-0.2, 0) is 13.0 Å². The molecule has 3 aromatic carbocycles. The summed E-state index contributed by atoms with van der Waals surface area (Å²) in [5.74, 6) is 3.47. The normalized spacial score (nSPS) is 10.8. The van der Waals surface area contributed by atoms with Crippen LogP contribution in [0.25, 0.3) is 11.0 Å². The highest BCUT2D eigenvalue weighted by Crippen LogP contribution is 2.27. The first-order valence-electron chi connectivity index (χ1n) is 12.3. The Bertz CT molecular complexity index is 1330. The lowest BCUT2D eigenvalue weighted by Gasteiger charge is -2.12. The van der Waals surface area contributed by atoms with Gasteiger partial charge in [0, 0.05) is 31.1 Å². The Labute approximate surface area is 217 Å². The van der Waals surface area contributed by atoms with Gasteiger partial charge in [-0.1, -0.05) is 18.2 Å². The first-order valence-corrected chi connectivity index (χ1v) is 12.3. The van der Waals surface area contributed by atoms with Gasteiger partial charge in [0.1, 0.15) is 17.3 Å². The molecule has 8 nitrogen and oxygen atoms in total. The molecule has 1 aromatic heterocycles. The van der Waals surface area contributed by atoms with Crippen molar-refractivity contribution in [1.82, 2.24) is 14.9 Å². The van der Waals surface area contributed by atoms with E-state index < -0.39 is 0 Å². The molecule has 0 unspecified atom stereocenters. The standard InChI is InChI=1S/C29H33N3O5/c1-34-22-9-8-10-23(20-22)37-18-7-6-17-32-25-12-5-4-11-24(25)31-28(32)15-16-30-29(33)21-13-14-26(35-2)27(19-21)36-3/h4-5,8-14,19-20H,6-7,15-18H2,1-3H3,(H,30,33). The number of ether oxygens (including phenoxy) is 4. The fourth-order valence-electron chi connectivity index (χ4n) is 4.19. The smallest absolute Gasteiger partial charge is 0.251 e.